The molecular weight excluding hydrogens is 328 g/mol. The molecule has 0 aliphatic rings. The average Bonchev–Trinajstić information content (AvgIpc) is 2.54. The van der Waals surface area contributed by atoms with Crippen molar-refractivity contribution in [2.75, 3.05) is 12.4 Å². The fourth-order valence-electron chi connectivity index (χ4n) is 2.25. The van der Waals surface area contributed by atoms with Crippen LogP contribution in [0.4, 0.5) is 5.82 Å². The van der Waals surface area contributed by atoms with Crippen molar-refractivity contribution in [3.8, 4) is 0 Å². The summed E-state index contributed by atoms with van der Waals surface area (Å²) in [5, 5.41) is 10.7. The number of aryl methyl sites for hydroxylation is 1. The van der Waals surface area contributed by atoms with Gasteiger partial charge < -0.3 is 14.9 Å². The van der Waals surface area contributed by atoms with Crippen molar-refractivity contribution in [2.24, 2.45) is 5.92 Å². The summed E-state index contributed by atoms with van der Waals surface area (Å²) in [6.45, 7) is 6.43. The van der Waals surface area contributed by atoms with Gasteiger partial charge in [-0.05, 0) is 35.2 Å². The molecule has 1 unspecified atom stereocenters. The number of ether oxygens (including phenoxy) is 1. The average molecular weight is 354 g/mol. The fraction of sp³-hybridized carbons (Fsp3) is 0.647. The number of pyridine rings is 1. The highest BCUT2D eigenvalue weighted by atomic mass is 32.2. The van der Waals surface area contributed by atoms with Gasteiger partial charge in [-0.1, -0.05) is 33.1 Å². The zero-order valence-corrected chi connectivity index (χ0v) is 15.4. The molecule has 0 aliphatic heterocycles. The maximum atomic E-state index is 11.8. The molecule has 1 aromatic heterocycles. The van der Waals surface area contributed by atoms with Crippen molar-refractivity contribution in [3.63, 3.8) is 0 Å². The van der Waals surface area contributed by atoms with Crippen LogP contribution in [0.1, 0.15) is 51.5 Å². The molecule has 1 heterocycles. The molecule has 0 N–H and O–H groups in total. The molecule has 0 bridgehead atoms. The van der Waals surface area contributed by atoms with Crippen molar-refractivity contribution in [1.29, 1.82) is 0 Å². The van der Waals surface area contributed by atoms with Gasteiger partial charge in [0.2, 0.25) is 0 Å². The summed E-state index contributed by atoms with van der Waals surface area (Å²) in [7, 11) is 0. The first kappa shape index (κ1) is 20.4. The third kappa shape index (κ3) is 7.29. The van der Waals surface area contributed by atoms with Gasteiger partial charge in [-0.25, -0.2) is 0 Å². The third-order valence-electron chi connectivity index (χ3n) is 3.80. The normalized spacial score (nSPS) is 12.0. The molecular formula is C17H26N2O4S. The van der Waals surface area contributed by atoms with E-state index in [1.54, 1.807) is 13.0 Å². The Bertz CT molecular complexity index is 551. The van der Waals surface area contributed by atoms with Crippen LogP contribution in [0, 0.1) is 23.0 Å². The van der Waals surface area contributed by atoms with Crippen LogP contribution in [-0.2, 0) is 9.53 Å². The molecule has 0 spiro atoms. The molecule has 6 nitrogen and oxygen atoms in total. The van der Waals surface area contributed by atoms with E-state index in [0.717, 1.165) is 24.2 Å². The second kappa shape index (κ2) is 11.0. The Hall–Kier alpha value is -1.63. The second-order valence-corrected chi connectivity index (χ2v) is 6.93. The molecule has 0 aliphatic carbocycles. The van der Waals surface area contributed by atoms with E-state index in [0.29, 0.717) is 30.3 Å². The van der Waals surface area contributed by atoms with Crippen molar-refractivity contribution in [1.82, 2.24) is 4.98 Å². The van der Waals surface area contributed by atoms with Crippen LogP contribution < -0.4 is 0 Å². The van der Waals surface area contributed by atoms with Crippen molar-refractivity contribution in [2.45, 2.75) is 57.8 Å². The standard InChI is InChI=1S/C17H26N2O4S/c1-4-6-7-14(5-2)12-23-16(20)8-9-24-15-10-13(3)17(18-11-15)19(21)22/h10-11,14H,4-9,12H2,1-3H3. The highest BCUT2D eigenvalue weighted by Crippen LogP contribution is 2.23. The largest absolute Gasteiger partial charge is 0.465 e. The number of hydrogen-bond donors (Lipinski definition) is 0. The van der Waals surface area contributed by atoms with Gasteiger partial charge in [0.1, 0.15) is 0 Å². The van der Waals surface area contributed by atoms with Gasteiger partial charge in [0.05, 0.1) is 17.9 Å². The first-order valence-corrected chi connectivity index (χ1v) is 9.35. The Morgan fingerprint density at radius 1 is 1.46 bits per heavy atom. The SMILES string of the molecule is CCCCC(CC)COC(=O)CCSc1cnc([N+](=O)[O-])c(C)c1. The molecule has 0 fully saturated rings. The Kier molecular flexibility index (Phi) is 9.37. The third-order valence-corrected chi connectivity index (χ3v) is 4.76. The number of nitrogens with zero attached hydrogens (tertiary/aromatic N) is 2. The zero-order valence-electron chi connectivity index (χ0n) is 14.6. The molecule has 0 saturated heterocycles. The number of esters is 1. The van der Waals surface area contributed by atoms with Crippen LogP contribution in [-0.4, -0.2) is 28.2 Å². The van der Waals surface area contributed by atoms with E-state index < -0.39 is 4.92 Å². The number of thioether (sulfide) groups is 1. The van der Waals surface area contributed by atoms with E-state index in [2.05, 4.69) is 18.8 Å². The predicted molar refractivity (Wildman–Crippen MR) is 95.2 cm³/mol. The second-order valence-electron chi connectivity index (χ2n) is 5.77. The summed E-state index contributed by atoms with van der Waals surface area (Å²) in [5.74, 6) is 0.701. The van der Waals surface area contributed by atoms with E-state index in [9.17, 15) is 14.9 Å². The molecule has 24 heavy (non-hydrogen) atoms. The summed E-state index contributed by atoms with van der Waals surface area (Å²) in [4.78, 5) is 26.7. The number of carbonyl (C=O) groups excluding carboxylic acids is 1. The van der Waals surface area contributed by atoms with Crippen LogP contribution in [0.2, 0.25) is 0 Å². The lowest BCUT2D eigenvalue weighted by molar-refractivity contribution is -0.390. The van der Waals surface area contributed by atoms with Gasteiger partial charge in [-0.15, -0.1) is 11.8 Å². The minimum atomic E-state index is -0.496. The van der Waals surface area contributed by atoms with Gasteiger partial charge >= 0.3 is 11.8 Å². The highest BCUT2D eigenvalue weighted by molar-refractivity contribution is 7.99. The van der Waals surface area contributed by atoms with Crippen LogP contribution in [0.25, 0.3) is 0 Å². The first-order valence-electron chi connectivity index (χ1n) is 8.37. The number of unbranched alkanes of at least 4 members (excludes halogenated alkanes) is 1. The fourth-order valence-corrected chi connectivity index (χ4v) is 3.14. The van der Waals surface area contributed by atoms with Crippen LogP contribution in [0.3, 0.4) is 0 Å². The molecule has 0 amide bonds. The molecule has 1 aromatic rings. The van der Waals surface area contributed by atoms with Gasteiger partial charge in [-0.2, -0.15) is 0 Å². The summed E-state index contributed by atoms with van der Waals surface area (Å²) in [5.41, 5.74) is 0.522. The smallest absolute Gasteiger partial charge is 0.366 e. The van der Waals surface area contributed by atoms with Gasteiger partial charge in [0.15, 0.2) is 6.20 Å². The monoisotopic (exact) mass is 354 g/mol. The van der Waals surface area contributed by atoms with Gasteiger partial charge in [0.25, 0.3) is 0 Å². The van der Waals surface area contributed by atoms with Crippen molar-refractivity contribution < 1.29 is 14.5 Å². The number of nitro groups is 1. The number of aromatic nitrogens is 1. The number of hydrogen-bond acceptors (Lipinski definition) is 6. The topological polar surface area (TPSA) is 82.3 Å². The van der Waals surface area contributed by atoms with E-state index in [1.165, 1.54) is 24.4 Å². The molecule has 134 valence electrons. The quantitative estimate of drug-likeness (QED) is 0.251. The first-order chi connectivity index (χ1) is 11.5. The van der Waals surface area contributed by atoms with Crippen molar-refractivity contribution >= 4 is 23.5 Å². The maximum absolute atomic E-state index is 11.8. The highest BCUT2D eigenvalue weighted by Gasteiger charge is 2.14. The summed E-state index contributed by atoms with van der Waals surface area (Å²) in [6, 6.07) is 1.72. The number of rotatable bonds is 11. The molecule has 1 atom stereocenters. The predicted octanol–water partition coefficient (Wildman–Crippen LogP) is 4.54. The molecule has 0 saturated carbocycles. The van der Waals surface area contributed by atoms with Gasteiger partial charge in [0, 0.05) is 11.3 Å². The Labute approximate surface area is 147 Å². The lowest BCUT2D eigenvalue weighted by Crippen LogP contribution is -2.14. The van der Waals surface area contributed by atoms with Crippen molar-refractivity contribution in [3.05, 3.63) is 27.9 Å². The molecule has 1 rings (SSSR count). The van der Waals surface area contributed by atoms with E-state index >= 15 is 0 Å². The molecule has 7 heteroatoms. The summed E-state index contributed by atoms with van der Waals surface area (Å²) in [6.07, 6.45) is 6.24. The lowest BCUT2D eigenvalue weighted by atomic mass is 10.0. The maximum Gasteiger partial charge on any atom is 0.366 e. The van der Waals surface area contributed by atoms with E-state index in [-0.39, 0.29) is 11.8 Å². The zero-order chi connectivity index (χ0) is 17.9. The molecule has 0 aromatic carbocycles. The van der Waals surface area contributed by atoms with Gasteiger partial charge in [-0.3, -0.25) is 4.79 Å². The summed E-state index contributed by atoms with van der Waals surface area (Å²) >= 11 is 1.45. The minimum absolute atomic E-state index is 0.128. The minimum Gasteiger partial charge on any atom is -0.465 e. The van der Waals surface area contributed by atoms with E-state index in [1.807, 2.05) is 0 Å². The summed E-state index contributed by atoms with van der Waals surface area (Å²) < 4.78 is 5.35. The number of carbonyl (C=O) groups is 1. The lowest BCUT2D eigenvalue weighted by Gasteiger charge is -2.14. The Balaban J connectivity index is 2.32. The van der Waals surface area contributed by atoms with Crippen LogP contribution >= 0.6 is 11.8 Å². The Morgan fingerprint density at radius 3 is 2.79 bits per heavy atom. The van der Waals surface area contributed by atoms with E-state index in [4.69, 9.17) is 4.74 Å². The van der Waals surface area contributed by atoms with Crippen LogP contribution in [0.5, 0.6) is 0 Å². The molecule has 0 radical (unpaired) electrons. The Morgan fingerprint density at radius 2 is 2.21 bits per heavy atom. The van der Waals surface area contributed by atoms with Crippen LogP contribution in [0.15, 0.2) is 17.2 Å².